The van der Waals surface area contributed by atoms with E-state index >= 15 is 0 Å². The van der Waals surface area contributed by atoms with E-state index in [-0.39, 0.29) is 22.3 Å². The summed E-state index contributed by atoms with van der Waals surface area (Å²) in [5.41, 5.74) is 16.9. The lowest BCUT2D eigenvalue weighted by Gasteiger charge is -2.13. The molecule has 0 aliphatic heterocycles. The minimum Gasteiger partial charge on any atom is -0.201 e. The number of aromatic nitrogens is 4. The average molecular weight is 1030 g/mol. The van der Waals surface area contributed by atoms with Crippen molar-refractivity contribution >= 4 is 0 Å². The summed E-state index contributed by atoms with van der Waals surface area (Å²) in [5.74, 6) is -4.02. The van der Waals surface area contributed by atoms with Gasteiger partial charge in [-0.2, -0.15) is 0 Å². The maximum Gasteiger partial charge on any atom is 0.215 e. The smallest absolute Gasteiger partial charge is 0.201 e. The number of hydrogen-bond donors (Lipinski definition) is 0. The summed E-state index contributed by atoms with van der Waals surface area (Å²) in [5, 5.41) is 0. The Morgan fingerprint density at radius 1 is 0.400 bits per heavy atom. The highest BCUT2D eigenvalue weighted by atomic mass is 14.9. The van der Waals surface area contributed by atoms with Gasteiger partial charge in [0.1, 0.15) is 28.2 Å². The van der Waals surface area contributed by atoms with Crippen LogP contribution in [0.15, 0.2) is 122 Å². The van der Waals surface area contributed by atoms with Crippen LogP contribution in [0.4, 0.5) is 0 Å². The molecule has 4 nitrogen and oxygen atoms in total. The summed E-state index contributed by atoms with van der Waals surface area (Å²) < 4.78 is 206. The van der Waals surface area contributed by atoms with Crippen LogP contribution in [0.1, 0.15) is 191 Å². The summed E-state index contributed by atoms with van der Waals surface area (Å²) in [7, 11) is 7.22. The molecule has 0 amide bonds. The van der Waals surface area contributed by atoms with Crippen molar-refractivity contribution in [2.75, 3.05) is 0 Å². The minimum absolute atomic E-state index is 0.0955. The molecule has 75 heavy (non-hydrogen) atoms. The van der Waals surface area contributed by atoms with Crippen molar-refractivity contribution in [2.24, 2.45) is 28.2 Å². The quantitative estimate of drug-likeness (QED) is 0.135. The van der Waals surface area contributed by atoms with Gasteiger partial charge in [0.05, 0.1) is 0 Å². The van der Waals surface area contributed by atoms with Crippen LogP contribution < -0.4 is 18.3 Å². The third kappa shape index (κ3) is 14.9. The zero-order chi connectivity index (χ0) is 77.8. The molecule has 4 heteroatoms. The second-order valence-electron chi connectivity index (χ2n) is 20.0. The Labute approximate surface area is 492 Å². The minimum atomic E-state index is -2.76. The molecule has 4 aromatic heterocycles. The zero-order valence-corrected chi connectivity index (χ0v) is 46.8. The maximum absolute atomic E-state index is 8.37. The lowest BCUT2D eigenvalue weighted by atomic mass is 9.94. The van der Waals surface area contributed by atoms with E-state index in [4.69, 9.17) is 35.6 Å². The molecule has 0 spiro atoms. The van der Waals surface area contributed by atoms with E-state index in [1.165, 1.54) is 19.9 Å². The Morgan fingerprint density at radius 3 is 1.21 bits per heavy atom. The van der Waals surface area contributed by atoms with Crippen LogP contribution in [0, 0.1) is 82.8 Å². The third-order valence-electron chi connectivity index (χ3n) is 13.3. The van der Waals surface area contributed by atoms with E-state index in [2.05, 4.69) is 0 Å². The highest BCUT2D eigenvalue weighted by molar-refractivity contribution is 5.67. The fourth-order valence-electron chi connectivity index (χ4n) is 9.65. The molecule has 0 fully saturated rings. The molecule has 0 radical (unpaired) electrons. The summed E-state index contributed by atoms with van der Waals surface area (Å²) in [4.78, 5) is 0. The Bertz CT molecular complexity index is 4130. The van der Waals surface area contributed by atoms with Crippen LogP contribution >= 0.6 is 0 Å². The molecule has 4 heterocycles. The second-order valence-corrected chi connectivity index (χ2v) is 20.0. The zero-order valence-electron chi connectivity index (χ0n) is 72.8. The molecule has 2 unspecified atom stereocenters. The number of aryl methyl sites for hydroxylation is 17. The average Bonchev–Trinajstić information content (AvgIpc) is 0.777. The molecule has 4 aromatic carbocycles. The van der Waals surface area contributed by atoms with E-state index < -0.39 is 72.0 Å². The van der Waals surface area contributed by atoms with E-state index in [1.54, 1.807) is 133 Å². The first-order chi connectivity index (χ1) is 45.4. The monoisotopic (exact) mass is 1030 g/mol. The number of benzene rings is 4. The van der Waals surface area contributed by atoms with E-state index in [0.29, 0.717) is 16.7 Å². The Hall–Kier alpha value is -6.52. The molecule has 0 saturated carbocycles. The van der Waals surface area contributed by atoms with Gasteiger partial charge >= 0.3 is 0 Å². The second kappa shape index (κ2) is 25.8. The van der Waals surface area contributed by atoms with Crippen LogP contribution in [0.5, 0.6) is 0 Å². The van der Waals surface area contributed by atoms with Crippen molar-refractivity contribution in [3.05, 3.63) is 211 Å². The standard InChI is InChI=1S/C20H28N.C18H24N.C17H22N.C16H20N/c1-13(2)17-8-9-18(15(5)10-17)20-11-16(6)19(14(3)4)12-21(20)7;1-12(2)16-7-8-17(14(4)10-16)18-15(5)9-13(3)11-19(18)6;1-6-15-7-8-16(13(3)10-15)17-14(4)9-12(2)11-18(17)5;1-11-6-7-15(13(3)8-11)16-14(4)9-12(2)10-17(16)5/h8-14H,1-7H3;7-12H,1-6H3;7-11H,6H2,1-5H3;6-10H,1-5H3/q4*+1/i3D3,13D,14D;1D3,3D3,12D;1D3,2D3,6D2;1D3,2D3. The van der Waals surface area contributed by atoms with Gasteiger partial charge in [-0.05, 0) is 194 Å². The molecule has 0 aliphatic rings. The number of rotatable bonds is 8. The van der Waals surface area contributed by atoms with Crippen LogP contribution in [0.3, 0.4) is 0 Å². The lowest BCUT2D eigenvalue weighted by molar-refractivity contribution is -0.661. The first-order valence-electron chi connectivity index (χ1n) is 37.9. The largest absolute Gasteiger partial charge is 0.215 e. The van der Waals surface area contributed by atoms with E-state index in [1.807, 2.05) is 98.2 Å². The van der Waals surface area contributed by atoms with Crippen LogP contribution in [-0.2, 0) is 34.6 Å². The van der Waals surface area contributed by atoms with Crippen LogP contribution in [0.25, 0.3) is 45.0 Å². The van der Waals surface area contributed by atoms with Gasteiger partial charge in [0, 0.05) is 103 Å². The van der Waals surface area contributed by atoms with Crippen molar-refractivity contribution in [1.29, 1.82) is 0 Å². The Balaban J connectivity index is 0.000000243. The van der Waals surface area contributed by atoms with E-state index in [9.17, 15) is 0 Å². The number of hydrogen-bond acceptors (Lipinski definition) is 0. The van der Waals surface area contributed by atoms with Gasteiger partial charge in [-0.1, -0.05) is 102 Å². The first kappa shape index (κ1) is 32.2. The SMILES string of the molecule is [2H]C(C)(C)c1ccc(-c2cc(C)c(C([2H])(C)C([2H])([2H])[2H])c[n+]2C)c(C)c1.[2H]C([2H])([2H])c1cc(C)c(-c2ccc(C([2H])(C)C([2H])([2H])[2H])cc2C)[n+](C)c1.[2H]C([2H])([2H])c1cc(C)c(-c2ccc(C([2H])([2H])C([2H])([2H])[2H])cc2C)[n+](C)c1.[2H]C([2H])([2H])c1ccc(-c2c(C)cc(C([2H])([2H])[2H])c[n+]2C)c(C)c1. The van der Waals surface area contributed by atoms with Crippen molar-refractivity contribution in [2.45, 2.75) is 155 Å². The Morgan fingerprint density at radius 2 is 0.813 bits per heavy atom. The molecule has 0 aliphatic carbocycles. The van der Waals surface area contributed by atoms with Crippen molar-refractivity contribution in [3.63, 3.8) is 0 Å². The maximum atomic E-state index is 8.37. The van der Waals surface area contributed by atoms with E-state index in [0.717, 1.165) is 95.1 Å². The molecule has 2 atom stereocenters. The summed E-state index contributed by atoms with van der Waals surface area (Å²) in [6.07, 6.45) is 4.07. The lowest BCUT2D eigenvalue weighted by Crippen LogP contribution is -2.32. The fraction of sp³-hybridized carbons (Fsp3) is 0.380. The van der Waals surface area contributed by atoms with Gasteiger partial charge in [-0.25, -0.2) is 18.3 Å². The number of pyridine rings is 4. The third-order valence-corrected chi connectivity index (χ3v) is 13.3. The molecule has 0 bridgehead atoms. The molecule has 8 aromatic rings. The number of nitrogens with zero attached hydrogens (tertiary/aromatic N) is 4. The van der Waals surface area contributed by atoms with Gasteiger partial charge < -0.3 is 0 Å². The van der Waals surface area contributed by atoms with Crippen molar-refractivity contribution in [3.8, 4) is 45.0 Å². The normalized spacial score (nSPS) is 19.2. The van der Waals surface area contributed by atoms with Gasteiger partial charge in [0.15, 0.2) is 24.8 Å². The molecular weight excluding hydrogens is 909 g/mol. The Kier molecular flexibility index (Phi) is 11.1. The molecule has 0 N–H and O–H groups in total. The molecule has 0 saturated heterocycles. The van der Waals surface area contributed by atoms with Gasteiger partial charge in [-0.3, -0.25) is 0 Å². The highest BCUT2D eigenvalue weighted by Gasteiger charge is 2.21. The fourth-order valence-corrected chi connectivity index (χ4v) is 9.65. The van der Waals surface area contributed by atoms with Gasteiger partial charge in [-0.15, -0.1) is 0 Å². The summed E-state index contributed by atoms with van der Waals surface area (Å²) >= 11 is 0. The summed E-state index contributed by atoms with van der Waals surface area (Å²) in [6.45, 7) is 5.25. The predicted molar refractivity (Wildman–Crippen MR) is 321 cm³/mol. The van der Waals surface area contributed by atoms with Crippen molar-refractivity contribution < 1.29 is 53.9 Å². The van der Waals surface area contributed by atoms with Crippen molar-refractivity contribution in [1.82, 2.24) is 0 Å². The molecular formula is C71H94N4+4. The topological polar surface area (TPSA) is 15.5 Å². The highest BCUT2D eigenvalue weighted by Crippen LogP contribution is 2.30. The predicted octanol–water partition coefficient (Wildman–Crippen LogP) is 16.3. The van der Waals surface area contributed by atoms with Crippen LogP contribution in [0.2, 0.25) is 0 Å². The molecule has 8 rings (SSSR count). The van der Waals surface area contributed by atoms with Gasteiger partial charge in [0.25, 0.3) is 0 Å². The summed E-state index contributed by atoms with van der Waals surface area (Å²) in [6, 6.07) is 27.9. The first-order valence-corrected chi connectivity index (χ1v) is 24.9. The van der Waals surface area contributed by atoms with Gasteiger partial charge in [0.2, 0.25) is 22.8 Å². The molecule has 394 valence electrons. The van der Waals surface area contributed by atoms with Crippen LogP contribution in [-0.4, -0.2) is 0 Å².